The second-order valence-electron chi connectivity index (χ2n) is 5.01. The monoisotopic (exact) mass is 327 g/mol. The predicted molar refractivity (Wildman–Crippen MR) is 78.0 cm³/mol. The van der Waals surface area contributed by atoms with Crippen LogP contribution in [0.4, 0.5) is 4.39 Å². The van der Waals surface area contributed by atoms with Crippen molar-refractivity contribution in [1.29, 1.82) is 0 Å². The smallest absolute Gasteiger partial charge is 0.871 e. The first-order valence-electron chi connectivity index (χ1n) is 7.28. The molecule has 2 aromatic rings. The van der Waals surface area contributed by atoms with Gasteiger partial charge in [-0.3, -0.25) is 0 Å². The molecular weight excluding hydrogens is 308 g/mol. The number of ether oxygens (including phenoxy) is 1. The number of aromatic nitrogens is 1. The topological polar surface area (TPSA) is 45.2 Å². The molecule has 0 aliphatic heterocycles. The number of aryl methyl sites for hydroxylation is 1. The van der Waals surface area contributed by atoms with Crippen LogP contribution in [-0.2, 0) is 6.42 Å². The number of benzene rings is 1. The second-order valence-corrected chi connectivity index (χ2v) is 5.01. The van der Waals surface area contributed by atoms with Crippen molar-refractivity contribution in [2.24, 2.45) is 0 Å². The summed E-state index contributed by atoms with van der Waals surface area (Å²) in [5.74, 6) is -0.879. The maximum Gasteiger partial charge on any atom is 1.00 e. The molecule has 0 aliphatic rings. The van der Waals surface area contributed by atoms with Gasteiger partial charge in [0.15, 0.2) is 5.82 Å². The zero-order valence-corrected chi connectivity index (χ0v) is 16.3. The van der Waals surface area contributed by atoms with Crippen molar-refractivity contribution in [2.45, 2.75) is 39.0 Å². The number of halogens is 1. The molecule has 1 aromatic carbocycles. The first-order chi connectivity index (χ1) is 10.2. The fourth-order valence-electron chi connectivity index (χ4n) is 2.07. The molecule has 0 unspecified atom stereocenters. The van der Waals surface area contributed by atoms with Gasteiger partial charge in [0.25, 0.3) is 5.88 Å². The van der Waals surface area contributed by atoms with Gasteiger partial charge in [0, 0.05) is 6.20 Å². The number of pyridine rings is 1. The molecule has 0 N–H and O–H groups in total. The van der Waals surface area contributed by atoms with E-state index < -0.39 is 11.6 Å². The molecule has 0 amide bonds. The van der Waals surface area contributed by atoms with Crippen LogP contribution in [0.25, 0.3) is 0 Å². The normalized spacial score (nSPS) is 10.1. The third kappa shape index (κ3) is 6.34. The van der Waals surface area contributed by atoms with Crippen LogP contribution < -0.4 is 61.2 Å². The molecule has 0 aliphatic carbocycles. The molecule has 1 aromatic heterocycles. The standard InChI is InChI=1S/C17H20FNO2.K/c1-2-3-4-5-6-13-7-9-15(10-8-13)21-17-16(18)11-14(20)12-19-17;/h7-12,20H,2-6H2,1H3;/q;+1/p-1. The molecule has 112 valence electrons. The van der Waals surface area contributed by atoms with Crippen molar-refractivity contribution < 1.29 is 65.6 Å². The van der Waals surface area contributed by atoms with Crippen molar-refractivity contribution in [3.8, 4) is 17.4 Å². The van der Waals surface area contributed by atoms with E-state index in [1.165, 1.54) is 31.2 Å². The Morgan fingerprint density at radius 1 is 1.14 bits per heavy atom. The molecule has 5 heteroatoms. The fraction of sp³-hybridized carbons (Fsp3) is 0.353. The number of hydrogen-bond acceptors (Lipinski definition) is 3. The van der Waals surface area contributed by atoms with E-state index in [1.54, 1.807) is 12.1 Å². The summed E-state index contributed by atoms with van der Waals surface area (Å²) in [4.78, 5) is 3.66. The van der Waals surface area contributed by atoms with E-state index in [4.69, 9.17) is 4.74 Å². The zero-order chi connectivity index (χ0) is 15.1. The van der Waals surface area contributed by atoms with Gasteiger partial charge in [-0.1, -0.05) is 44.1 Å². The number of hydrogen-bond donors (Lipinski definition) is 0. The van der Waals surface area contributed by atoms with Gasteiger partial charge in [-0.2, -0.15) is 0 Å². The Labute approximate surface area is 173 Å². The van der Waals surface area contributed by atoms with E-state index in [-0.39, 0.29) is 57.3 Å². The molecule has 2 rings (SSSR count). The molecule has 0 bridgehead atoms. The Bertz CT molecular complexity index is 575. The Morgan fingerprint density at radius 3 is 2.50 bits per heavy atom. The maximum absolute atomic E-state index is 13.5. The van der Waals surface area contributed by atoms with Crippen LogP contribution in [0.3, 0.4) is 0 Å². The SMILES string of the molecule is CCCCCCc1ccc(Oc2ncc([O-])cc2F)cc1.[K+]. The molecule has 3 nitrogen and oxygen atoms in total. The summed E-state index contributed by atoms with van der Waals surface area (Å²) in [5.41, 5.74) is 1.24. The van der Waals surface area contributed by atoms with Gasteiger partial charge >= 0.3 is 51.4 Å². The Morgan fingerprint density at radius 2 is 1.86 bits per heavy atom. The summed E-state index contributed by atoms with van der Waals surface area (Å²) in [6.45, 7) is 2.19. The molecule has 22 heavy (non-hydrogen) atoms. The Hall–Kier alpha value is -0.464. The summed E-state index contributed by atoms with van der Waals surface area (Å²) >= 11 is 0. The van der Waals surface area contributed by atoms with Crippen molar-refractivity contribution in [3.63, 3.8) is 0 Å². The minimum Gasteiger partial charge on any atom is -0.871 e. The van der Waals surface area contributed by atoms with Crippen LogP contribution in [0, 0.1) is 5.82 Å². The molecule has 0 fully saturated rings. The largest absolute Gasteiger partial charge is 1.00 e. The van der Waals surface area contributed by atoms with E-state index in [2.05, 4.69) is 11.9 Å². The predicted octanol–water partition coefficient (Wildman–Crippen LogP) is 1.21. The molecule has 0 saturated carbocycles. The van der Waals surface area contributed by atoms with Gasteiger partial charge in [0.2, 0.25) is 0 Å². The minimum atomic E-state index is -0.744. The van der Waals surface area contributed by atoms with Crippen LogP contribution in [0.1, 0.15) is 38.2 Å². The first-order valence-corrected chi connectivity index (χ1v) is 7.28. The zero-order valence-electron chi connectivity index (χ0n) is 13.1. The van der Waals surface area contributed by atoms with Crippen molar-refractivity contribution in [1.82, 2.24) is 4.98 Å². The van der Waals surface area contributed by atoms with E-state index in [0.717, 1.165) is 18.7 Å². The van der Waals surface area contributed by atoms with E-state index in [9.17, 15) is 9.50 Å². The van der Waals surface area contributed by atoms with Gasteiger partial charge in [-0.15, -0.1) is 0 Å². The fourth-order valence-corrected chi connectivity index (χ4v) is 2.07. The number of rotatable bonds is 7. The molecule has 1 heterocycles. The van der Waals surface area contributed by atoms with E-state index in [0.29, 0.717) is 5.75 Å². The molecular formula is C17H19FKNO2. The van der Waals surface area contributed by atoms with Gasteiger partial charge in [0.1, 0.15) is 5.75 Å². The quantitative estimate of drug-likeness (QED) is 0.567. The summed E-state index contributed by atoms with van der Waals surface area (Å²) in [6.07, 6.45) is 6.99. The minimum absolute atomic E-state index is 0. The molecule has 0 radical (unpaired) electrons. The summed E-state index contributed by atoms with van der Waals surface area (Å²) in [7, 11) is 0. The van der Waals surface area contributed by atoms with Crippen LogP contribution in [0.15, 0.2) is 36.5 Å². The van der Waals surface area contributed by atoms with Crippen molar-refractivity contribution in [2.75, 3.05) is 0 Å². The van der Waals surface area contributed by atoms with E-state index in [1.807, 2.05) is 12.1 Å². The van der Waals surface area contributed by atoms with E-state index >= 15 is 0 Å². The van der Waals surface area contributed by atoms with Crippen molar-refractivity contribution in [3.05, 3.63) is 47.9 Å². The third-order valence-electron chi connectivity index (χ3n) is 3.24. The number of unbranched alkanes of at least 4 members (excludes halogenated alkanes) is 3. The molecule has 0 atom stereocenters. The van der Waals surface area contributed by atoms with Crippen molar-refractivity contribution >= 4 is 0 Å². The van der Waals surface area contributed by atoms with Crippen LogP contribution >= 0.6 is 0 Å². The van der Waals surface area contributed by atoms with Gasteiger partial charge in [0.05, 0.1) is 0 Å². The molecule has 0 saturated heterocycles. The van der Waals surface area contributed by atoms with Gasteiger partial charge in [-0.05, 0) is 36.6 Å². The third-order valence-corrected chi connectivity index (χ3v) is 3.24. The average molecular weight is 327 g/mol. The average Bonchev–Trinajstić information content (AvgIpc) is 2.48. The summed E-state index contributed by atoms with van der Waals surface area (Å²) in [5, 5.41) is 10.9. The summed E-state index contributed by atoms with van der Waals surface area (Å²) in [6, 6.07) is 8.40. The van der Waals surface area contributed by atoms with Crippen LogP contribution in [-0.4, -0.2) is 4.98 Å². The number of nitrogens with zero attached hydrogens (tertiary/aromatic N) is 1. The second kappa shape index (κ2) is 10.3. The molecule has 0 spiro atoms. The Balaban J connectivity index is 0.00000242. The van der Waals surface area contributed by atoms with Gasteiger partial charge in [-0.25, -0.2) is 9.37 Å². The van der Waals surface area contributed by atoms with Crippen LogP contribution in [0.2, 0.25) is 0 Å². The Kier molecular flexibility index (Phi) is 9.20. The van der Waals surface area contributed by atoms with Crippen LogP contribution in [0.5, 0.6) is 17.4 Å². The van der Waals surface area contributed by atoms with Gasteiger partial charge < -0.3 is 9.84 Å². The summed E-state index contributed by atoms with van der Waals surface area (Å²) < 4.78 is 18.8. The first kappa shape index (κ1) is 19.6. The maximum atomic E-state index is 13.5.